The molecule has 23 heavy (non-hydrogen) atoms. The highest BCUT2D eigenvalue weighted by atomic mass is 32.2. The maximum atomic E-state index is 12.4. The van der Waals surface area contributed by atoms with Crippen LogP contribution in [0.4, 0.5) is 0 Å². The van der Waals surface area contributed by atoms with Crippen molar-refractivity contribution in [1.82, 2.24) is 4.72 Å². The van der Waals surface area contributed by atoms with E-state index in [0.29, 0.717) is 25.2 Å². The number of carbonyl (C=O) groups excluding carboxylic acids is 1. The number of benzene rings is 1. The first kappa shape index (κ1) is 15.8. The smallest absolute Gasteiger partial charge is 0.319 e. The number of fused-ring (bicyclic) bond motifs is 1. The van der Waals surface area contributed by atoms with Crippen molar-refractivity contribution < 1.29 is 27.9 Å². The molecular formula is C15H17NO6S. The number of carboxylic acid groups (broad SMARTS) is 1. The van der Waals surface area contributed by atoms with Crippen molar-refractivity contribution in [3.8, 4) is 5.75 Å². The summed E-state index contributed by atoms with van der Waals surface area (Å²) in [4.78, 5) is 23.4. The number of carbonyl (C=O) groups is 2. The predicted molar refractivity (Wildman–Crippen MR) is 79.5 cm³/mol. The van der Waals surface area contributed by atoms with Gasteiger partial charge in [0.25, 0.3) is 15.9 Å². The molecule has 7 nitrogen and oxygen atoms in total. The first-order valence-corrected chi connectivity index (χ1v) is 8.90. The molecule has 0 atom stereocenters. The molecule has 1 aliphatic heterocycles. The van der Waals surface area contributed by atoms with E-state index in [1.165, 1.54) is 12.1 Å². The second kappa shape index (κ2) is 5.52. The van der Waals surface area contributed by atoms with Crippen LogP contribution in [0.5, 0.6) is 5.75 Å². The van der Waals surface area contributed by atoms with Crippen LogP contribution in [0.15, 0.2) is 23.1 Å². The monoisotopic (exact) mass is 339 g/mol. The number of carboxylic acids is 1. The van der Waals surface area contributed by atoms with E-state index in [4.69, 9.17) is 4.74 Å². The molecule has 1 aliphatic carbocycles. The van der Waals surface area contributed by atoms with Crippen LogP contribution < -0.4 is 9.46 Å². The molecular weight excluding hydrogens is 322 g/mol. The van der Waals surface area contributed by atoms with E-state index in [1.54, 1.807) is 6.07 Å². The van der Waals surface area contributed by atoms with E-state index in [2.05, 4.69) is 0 Å². The minimum absolute atomic E-state index is 0.0602. The van der Waals surface area contributed by atoms with Crippen molar-refractivity contribution in [1.29, 1.82) is 0 Å². The van der Waals surface area contributed by atoms with Crippen molar-refractivity contribution in [3.63, 3.8) is 0 Å². The Hall–Kier alpha value is -2.09. The van der Waals surface area contributed by atoms with Crippen LogP contribution in [0.3, 0.4) is 0 Å². The first-order valence-electron chi connectivity index (χ1n) is 7.41. The van der Waals surface area contributed by atoms with Gasteiger partial charge < -0.3 is 9.84 Å². The molecule has 2 aliphatic rings. The second-order valence-electron chi connectivity index (χ2n) is 5.90. The fourth-order valence-corrected chi connectivity index (χ4v) is 3.95. The molecule has 1 saturated carbocycles. The second-order valence-corrected chi connectivity index (χ2v) is 7.58. The number of nitrogens with one attached hydrogen (secondary N) is 1. The summed E-state index contributed by atoms with van der Waals surface area (Å²) in [5.41, 5.74) is -0.854. The number of amides is 1. The molecule has 0 spiro atoms. The molecule has 1 heterocycles. The van der Waals surface area contributed by atoms with Gasteiger partial charge in [-0.15, -0.1) is 0 Å². The van der Waals surface area contributed by atoms with E-state index >= 15 is 0 Å². The average molecular weight is 339 g/mol. The van der Waals surface area contributed by atoms with E-state index < -0.39 is 27.3 Å². The zero-order chi connectivity index (χ0) is 16.7. The van der Waals surface area contributed by atoms with Gasteiger partial charge in [-0.05, 0) is 49.4 Å². The summed E-state index contributed by atoms with van der Waals surface area (Å²) in [5, 5.41) is 9.21. The minimum atomic E-state index is -4.10. The van der Waals surface area contributed by atoms with Gasteiger partial charge in [-0.2, -0.15) is 0 Å². The lowest BCUT2D eigenvalue weighted by atomic mass is 9.68. The number of sulfonamides is 1. The summed E-state index contributed by atoms with van der Waals surface area (Å²) in [6.07, 6.45) is 2.40. The van der Waals surface area contributed by atoms with Crippen LogP contribution in [-0.2, 0) is 26.0 Å². The highest BCUT2D eigenvalue weighted by Crippen LogP contribution is 2.41. The van der Waals surface area contributed by atoms with Crippen molar-refractivity contribution in [2.75, 3.05) is 6.61 Å². The van der Waals surface area contributed by atoms with Crippen molar-refractivity contribution in [3.05, 3.63) is 23.8 Å². The lowest BCUT2D eigenvalue weighted by Gasteiger charge is -2.35. The number of hydrogen-bond acceptors (Lipinski definition) is 5. The van der Waals surface area contributed by atoms with Crippen LogP contribution >= 0.6 is 0 Å². The van der Waals surface area contributed by atoms with Gasteiger partial charge in [0.05, 0.1) is 11.5 Å². The fraction of sp³-hybridized carbons (Fsp3) is 0.467. The van der Waals surface area contributed by atoms with Gasteiger partial charge in [0.2, 0.25) is 0 Å². The Kier molecular flexibility index (Phi) is 3.79. The lowest BCUT2D eigenvalue weighted by Crippen LogP contribution is -2.52. The van der Waals surface area contributed by atoms with Crippen LogP contribution in [0, 0.1) is 5.41 Å². The number of hydrogen-bond donors (Lipinski definition) is 2. The standard InChI is InChI=1S/C15H17NO6S/c17-13(15(14(18)19)6-2-7-15)16-23(20,21)11-4-5-12-10(9-11)3-1-8-22-12/h4-5,9H,1-3,6-8H2,(H,16,17)(H,18,19). The molecule has 1 aromatic carbocycles. The Bertz CT molecular complexity index is 766. The number of aryl methyl sites for hydroxylation is 1. The molecule has 1 amide bonds. The van der Waals surface area contributed by atoms with Crippen LogP contribution in [0.1, 0.15) is 31.2 Å². The van der Waals surface area contributed by atoms with Gasteiger partial charge in [-0.25, -0.2) is 13.1 Å². The lowest BCUT2D eigenvalue weighted by molar-refractivity contribution is -0.161. The third-order valence-corrected chi connectivity index (χ3v) is 5.80. The zero-order valence-corrected chi connectivity index (χ0v) is 13.2. The zero-order valence-electron chi connectivity index (χ0n) is 12.4. The molecule has 0 bridgehead atoms. The number of ether oxygens (including phenoxy) is 1. The predicted octanol–water partition coefficient (Wildman–Crippen LogP) is 1.07. The maximum Gasteiger partial charge on any atom is 0.319 e. The van der Waals surface area contributed by atoms with Gasteiger partial charge in [0.1, 0.15) is 11.2 Å². The Labute approximate surface area is 133 Å². The fourth-order valence-electron chi connectivity index (χ4n) is 2.85. The summed E-state index contributed by atoms with van der Waals surface area (Å²) in [6, 6.07) is 4.39. The number of aliphatic carboxylic acids is 1. The van der Waals surface area contributed by atoms with E-state index in [-0.39, 0.29) is 17.7 Å². The Morgan fingerprint density at radius 3 is 2.57 bits per heavy atom. The summed E-state index contributed by atoms with van der Waals surface area (Å²) in [5.74, 6) is -1.61. The van der Waals surface area contributed by atoms with Crippen molar-refractivity contribution in [2.24, 2.45) is 5.41 Å². The van der Waals surface area contributed by atoms with E-state index in [1.807, 2.05) is 4.72 Å². The Morgan fingerprint density at radius 2 is 1.96 bits per heavy atom. The topological polar surface area (TPSA) is 110 Å². The largest absolute Gasteiger partial charge is 0.493 e. The Balaban J connectivity index is 1.84. The summed E-state index contributed by atoms with van der Waals surface area (Å²) in [6.45, 7) is 0.594. The average Bonchev–Trinajstić information content (AvgIpc) is 2.44. The molecule has 0 aromatic heterocycles. The Morgan fingerprint density at radius 1 is 1.22 bits per heavy atom. The molecule has 0 unspecified atom stereocenters. The van der Waals surface area contributed by atoms with E-state index in [0.717, 1.165) is 12.0 Å². The molecule has 124 valence electrons. The van der Waals surface area contributed by atoms with Crippen molar-refractivity contribution in [2.45, 2.75) is 37.0 Å². The molecule has 1 aromatic rings. The van der Waals surface area contributed by atoms with Gasteiger partial charge >= 0.3 is 5.97 Å². The highest BCUT2D eigenvalue weighted by Gasteiger charge is 2.52. The summed E-state index contributed by atoms with van der Waals surface area (Å²) >= 11 is 0. The molecule has 2 N–H and O–H groups in total. The molecule has 0 saturated heterocycles. The first-order chi connectivity index (χ1) is 10.8. The van der Waals surface area contributed by atoms with Gasteiger partial charge in [-0.1, -0.05) is 6.42 Å². The highest BCUT2D eigenvalue weighted by molar-refractivity contribution is 7.90. The van der Waals surface area contributed by atoms with Crippen molar-refractivity contribution >= 4 is 21.9 Å². The normalized spacial score (nSPS) is 19.0. The van der Waals surface area contributed by atoms with E-state index in [9.17, 15) is 23.1 Å². The van der Waals surface area contributed by atoms with Crippen LogP contribution in [0.25, 0.3) is 0 Å². The van der Waals surface area contributed by atoms with Gasteiger partial charge in [0.15, 0.2) is 0 Å². The van der Waals surface area contributed by atoms with Crippen LogP contribution in [0.2, 0.25) is 0 Å². The third-order valence-electron chi connectivity index (χ3n) is 4.47. The molecule has 3 rings (SSSR count). The molecule has 0 radical (unpaired) electrons. The minimum Gasteiger partial charge on any atom is -0.493 e. The SMILES string of the molecule is O=C(O)C1(C(=O)NS(=O)(=O)c2ccc3c(c2)CCCO3)CCC1. The maximum absolute atomic E-state index is 12.4. The van der Waals surface area contributed by atoms with Gasteiger partial charge in [0, 0.05) is 0 Å². The number of rotatable bonds is 4. The third kappa shape index (κ3) is 2.67. The quantitative estimate of drug-likeness (QED) is 0.794. The summed E-state index contributed by atoms with van der Waals surface area (Å²) < 4.78 is 32.1. The molecule has 8 heteroatoms. The molecule has 1 fully saturated rings. The van der Waals surface area contributed by atoms with Gasteiger partial charge in [-0.3, -0.25) is 9.59 Å². The van der Waals surface area contributed by atoms with Crippen LogP contribution in [-0.4, -0.2) is 32.0 Å². The summed E-state index contributed by atoms with van der Waals surface area (Å²) in [7, 11) is -4.10.